The van der Waals surface area contributed by atoms with E-state index in [1.54, 1.807) is 0 Å². The summed E-state index contributed by atoms with van der Waals surface area (Å²) in [6.45, 7) is 1.51. The third-order valence-corrected chi connectivity index (χ3v) is 2.09. The lowest BCUT2D eigenvalue weighted by Gasteiger charge is -2.16. The van der Waals surface area contributed by atoms with Gasteiger partial charge in [-0.25, -0.2) is 8.78 Å². The summed E-state index contributed by atoms with van der Waals surface area (Å²) in [4.78, 5) is 0. The van der Waals surface area contributed by atoms with Crippen molar-refractivity contribution in [1.82, 2.24) is 0 Å². The largest absolute Gasteiger partial charge is 0.494 e. The van der Waals surface area contributed by atoms with Crippen molar-refractivity contribution in [2.75, 3.05) is 7.11 Å². The second-order valence-electron chi connectivity index (χ2n) is 3.31. The maximum atomic E-state index is 13.4. The van der Waals surface area contributed by atoms with E-state index in [0.29, 0.717) is 0 Å². The standard InChI is InChI=1S/C10H13F2NO2/c1-5(13)10(14)6-3-8(12)9(15-2)4-7(6)11/h3-5,10,14H,13H2,1-2H3/t5-,10-/m1/s1. The van der Waals surface area contributed by atoms with Crippen molar-refractivity contribution in [3.05, 3.63) is 29.3 Å². The molecule has 0 aliphatic rings. The van der Waals surface area contributed by atoms with E-state index in [9.17, 15) is 13.9 Å². The molecule has 1 aromatic carbocycles. The Morgan fingerprint density at radius 1 is 1.33 bits per heavy atom. The first-order chi connectivity index (χ1) is 6.97. The van der Waals surface area contributed by atoms with Crippen LogP contribution in [0.2, 0.25) is 0 Å². The van der Waals surface area contributed by atoms with Crippen LogP contribution in [0.4, 0.5) is 8.78 Å². The third kappa shape index (κ3) is 2.43. The van der Waals surface area contributed by atoms with Crippen LogP contribution in [-0.2, 0) is 0 Å². The van der Waals surface area contributed by atoms with Crippen molar-refractivity contribution >= 4 is 0 Å². The number of nitrogens with two attached hydrogens (primary N) is 1. The van der Waals surface area contributed by atoms with Crippen molar-refractivity contribution in [2.24, 2.45) is 5.73 Å². The summed E-state index contributed by atoms with van der Waals surface area (Å²) >= 11 is 0. The first-order valence-electron chi connectivity index (χ1n) is 4.44. The van der Waals surface area contributed by atoms with Gasteiger partial charge in [-0.15, -0.1) is 0 Å². The molecule has 0 amide bonds. The molecule has 0 saturated carbocycles. The first kappa shape index (κ1) is 11.9. The van der Waals surface area contributed by atoms with E-state index in [2.05, 4.69) is 4.74 Å². The van der Waals surface area contributed by atoms with Crippen LogP contribution in [0.25, 0.3) is 0 Å². The lowest BCUT2D eigenvalue weighted by Crippen LogP contribution is -2.25. The second kappa shape index (κ2) is 4.55. The maximum Gasteiger partial charge on any atom is 0.165 e. The quantitative estimate of drug-likeness (QED) is 0.803. The van der Waals surface area contributed by atoms with Crippen LogP contribution in [-0.4, -0.2) is 18.3 Å². The van der Waals surface area contributed by atoms with Gasteiger partial charge in [-0.1, -0.05) is 0 Å². The lowest BCUT2D eigenvalue weighted by atomic mass is 10.0. The molecule has 2 atom stereocenters. The molecule has 1 rings (SSSR count). The third-order valence-electron chi connectivity index (χ3n) is 2.09. The van der Waals surface area contributed by atoms with Gasteiger partial charge in [0.2, 0.25) is 0 Å². The zero-order chi connectivity index (χ0) is 11.6. The molecule has 0 spiro atoms. The number of methoxy groups -OCH3 is 1. The van der Waals surface area contributed by atoms with Gasteiger partial charge in [0, 0.05) is 17.7 Å². The van der Waals surface area contributed by atoms with Crippen LogP contribution in [0.1, 0.15) is 18.6 Å². The zero-order valence-corrected chi connectivity index (χ0v) is 8.50. The molecule has 0 aliphatic carbocycles. The molecule has 15 heavy (non-hydrogen) atoms. The van der Waals surface area contributed by atoms with E-state index in [0.717, 1.165) is 12.1 Å². The van der Waals surface area contributed by atoms with Crippen LogP contribution >= 0.6 is 0 Å². The van der Waals surface area contributed by atoms with Crippen molar-refractivity contribution in [3.63, 3.8) is 0 Å². The van der Waals surface area contributed by atoms with Gasteiger partial charge >= 0.3 is 0 Å². The van der Waals surface area contributed by atoms with Crippen molar-refractivity contribution in [3.8, 4) is 5.75 Å². The van der Waals surface area contributed by atoms with Crippen LogP contribution in [0.5, 0.6) is 5.75 Å². The summed E-state index contributed by atoms with van der Waals surface area (Å²) in [6, 6.07) is 1.10. The summed E-state index contributed by atoms with van der Waals surface area (Å²) in [5, 5.41) is 9.49. The van der Waals surface area contributed by atoms with Gasteiger partial charge in [-0.3, -0.25) is 0 Å². The topological polar surface area (TPSA) is 55.5 Å². The summed E-state index contributed by atoms with van der Waals surface area (Å²) < 4.78 is 31.2. The van der Waals surface area contributed by atoms with Gasteiger partial charge < -0.3 is 15.6 Å². The molecule has 0 radical (unpaired) electrons. The minimum absolute atomic E-state index is 0.164. The number of halogens is 2. The number of hydrogen-bond donors (Lipinski definition) is 2. The number of ether oxygens (including phenoxy) is 1. The fraction of sp³-hybridized carbons (Fsp3) is 0.400. The fourth-order valence-corrected chi connectivity index (χ4v) is 1.21. The van der Waals surface area contributed by atoms with Gasteiger partial charge in [0.05, 0.1) is 13.2 Å². The molecular weight excluding hydrogens is 204 g/mol. The number of aliphatic hydroxyl groups is 1. The van der Waals surface area contributed by atoms with Gasteiger partial charge in [0.25, 0.3) is 0 Å². The average molecular weight is 217 g/mol. The Bertz CT molecular complexity index is 356. The van der Waals surface area contributed by atoms with Crippen molar-refractivity contribution < 1.29 is 18.6 Å². The van der Waals surface area contributed by atoms with E-state index < -0.39 is 23.8 Å². The highest BCUT2D eigenvalue weighted by molar-refractivity contribution is 5.32. The maximum absolute atomic E-state index is 13.4. The summed E-state index contributed by atoms with van der Waals surface area (Å²) in [5.41, 5.74) is 5.22. The molecule has 0 aliphatic heterocycles. The van der Waals surface area contributed by atoms with Crippen molar-refractivity contribution in [1.29, 1.82) is 0 Å². The molecule has 3 N–H and O–H groups in total. The van der Waals surface area contributed by atoms with E-state index in [4.69, 9.17) is 5.73 Å². The highest BCUT2D eigenvalue weighted by Gasteiger charge is 2.19. The van der Waals surface area contributed by atoms with E-state index in [1.807, 2.05) is 0 Å². The highest BCUT2D eigenvalue weighted by Crippen LogP contribution is 2.26. The summed E-state index contributed by atoms with van der Waals surface area (Å²) in [5.74, 6) is -1.67. The molecular formula is C10H13F2NO2. The Morgan fingerprint density at radius 2 is 1.93 bits per heavy atom. The minimum atomic E-state index is -1.23. The second-order valence-corrected chi connectivity index (χ2v) is 3.31. The van der Waals surface area contributed by atoms with Crippen LogP contribution in [0, 0.1) is 11.6 Å². The lowest BCUT2D eigenvalue weighted by molar-refractivity contribution is 0.148. The average Bonchev–Trinajstić information content (AvgIpc) is 2.19. The molecule has 84 valence electrons. The van der Waals surface area contributed by atoms with Gasteiger partial charge in [-0.05, 0) is 13.0 Å². The molecule has 5 heteroatoms. The number of benzene rings is 1. The van der Waals surface area contributed by atoms with Crippen LogP contribution < -0.4 is 10.5 Å². The molecule has 0 bridgehead atoms. The van der Waals surface area contributed by atoms with E-state index >= 15 is 0 Å². The summed E-state index contributed by atoms with van der Waals surface area (Å²) in [6.07, 6.45) is -1.23. The highest BCUT2D eigenvalue weighted by atomic mass is 19.1. The Hall–Kier alpha value is -1.20. The number of rotatable bonds is 3. The Balaban J connectivity index is 3.15. The Kier molecular flexibility index (Phi) is 3.60. The number of aliphatic hydroxyl groups excluding tert-OH is 1. The monoisotopic (exact) mass is 217 g/mol. The smallest absolute Gasteiger partial charge is 0.165 e. The van der Waals surface area contributed by atoms with E-state index in [1.165, 1.54) is 14.0 Å². The van der Waals surface area contributed by atoms with Crippen LogP contribution in [0.15, 0.2) is 12.1 Å². The van der Waals surface area contributed by atoms with Gasteiger partial charge in [-0.2, -0.15) is 0 Å². The first-order valence-corrected chi connectivity index (χ1v) is 4.44. The molecule has 0 saturated heterocycles. The molecule has 0 fully saturated rings. The Labute approximate surface area is 86.5 Å². The molecule has 3 nitrogen and oxygen atoms in total. The van der Waals surface area contributed by atoms with Crippen LogP contribution in [0.3, 0.4) is 0 Å². The SMILES string of the molecule is COc1cc(F)c([C@H](O)[C@@H](C)N)cc1F. The zero-order valence-electron chi connectivity index (χ0n) is 8.50. The fourth-order valence-electron chi connectivity index (χ4n) is 1.21. The number of hydrogen-bond acceptors (Lipinski definition) is 3. The van der Waals surface area contributed by atoms with E-state index in [-0.39, 0.29) is 11.3 Å². The van der Waals surface area contributed by atoms with Gasteiger partial charge in [0.15, 0.2) is 11.6 Å². The van der Waals surface area contributed by atoms with Crippen molar-refractivity contribution in [2.45, 2.75) is 19.1 Å². The molecule has 0 aromatic heterocycles. The Morgan fingerprint density at radius 3 is 2.40 bits per heavy atom. The normalized spacial score (nSPS) is 14.8. The minimum Gasteiger partial charge on any atom is -0.494 e. The summed E-state index contributed by atoms with van der Waals surface area (Å²) in [7, 11) is 1.24. The predicted molar refractivity (Wildman–Crippen MR) is 51.5 cm³/mol. The van der Waals surface area contributed by atoms with Gasteiger partial charge in [0.1, 0.15) is 5.82 Å². The predicted octanol–water partition coefficient (Wildman–Crippen LogP) is 1.35. The molecule has 0 unspecified atom stereocenters. The molecule has 0 heterocycles. The molecule has 1 aromatic rings.